The SMILES string of the molecule is O=C(O)C1(Cc2cc(Cl)ccc2F)Cc2ccccc2C1. The summed E-state index contributed by atoms with van der Waals surface area (Å²) in [6.07, 6.45) is 0.984. The second kappa shape index (κ2) is 5.15. The molecule has 1 aliphatic rings. The third-order valence-corrected chi connectivity index (χ3v) is 4.40. The summed E-state index contributed by atoms with van der Waals surface area (Å²) in [5, 5.41) is 10.1. The molecule has 0 fully saturated rings. The maximum atomic E-state index is 13.9. The molecule has 2 aromatic carbocycles. The Kier molecular flexibility index (Phi) is 3.46. The van der Waals surface area contributed by atoms with Gasteiger partial charge in [0.15, 0.2) is 0 Å². The van der Waals surface area contributed by atoms with E-state index in [1.165, 1.54) is 18.2 Å². The van der Waals surface area contributed by atoms with Crippen molar-refractivity contribution >= 4 is 17.6 Å². The molecule has 3 rings (SSSR count). The lowest BCUT2D eigenvalue weighted by Gasteiger charge is -2.24. The molecule has 21 heavy (non-hydrogen) atoms. The fourth-order valence-corrected chi connectivity index (χ4v) is 3.28. The molecule has 0 radical (unpaired) electrons. The summed E-state index contributed by atoms with van der Waals surface area (Å²) < 4.78 is 13.9. The van der Waals surface area contributed by atoms with Gasteiger partial charge in [-0.3, -0.25) is 4.79 Å². The lowest BCUT2D eigenvalue weighted by Crippen LogP contribution is -2.34. The molecule has 1 N–H and O–H groups in total. The molecule has 108 valence electrons. The van der Waals surface area contributed by atoms with E-state index >= 15 is 0 Å². The molecule has 0 atom stereocenters. The monoisotopic (exact) mass is 304 g/mol. The van der Waals surface area contributed by atoms with Crippen LogP contribution in [0, 0.1) is 11.2 Å². The van der Waals surface area contributed by atoms with Crippen LogP contribution < -0.4 is 0 Å². The molecule has 0 aliphatic heterocycles. The molecule has 0 aromatic heterocycles. The Labute approximate surface area is 127 Å². The smallest absolute Gasteiger partial charge is 0.310 e. The predicted octanol–water partition coefficient (Wildman–Crippen LogP) is 3.89. The van der Waals surface area contributed by atoms with E-state index in [0.717, 1.165) is 11.1 Å². The lowest BCUT2D eigenvalue weighted by atomic mass is 9.79. The van der Waals surface area contributed by atoms with Crippen LogP contribution in [0.15, 0.2) is 42.5 Å². The Hall–Kier alpha value is -1.87. The molecule has 0 heterocycles. The van der Waals surface area contributed by atoms with E-state index in [1.807, 2.05) is 24.3 Å². The van der Waals surface area contributed by atoms with Gasteiger partial charge in [0.1, 0.15) is 5.82 Å². The summed E-state index contributed by atoms with van der Waals surface area (Å²) in [7, 11) is 0. The van der Waals surface area contributed by atoms with E-state index < -0.39 is 17.2 Å². The number of hydrogen-bond donors (Lipinski definition) is 1. The van der Waals surface area contributed by atoms with Gasteiger partial charge in [-0.2, -0.15) is 0 Å². The summed E-state index contributed by atoms with van der Waals surface area (Å²) in [5.74, 6) is -1.30. The van der Waals surface area contributed by atoms with Crippen LogP contribution >= 0.6 is 11.6 Å². The number of carboxylic acid groups (broad SMARTS) is 1. The number of carbonyl (C=O) groups is 1. The lowest BCUT2D eigenvalue weighted by molar-refractivity contribution is -0.148. The van der Waals surface area contributed by atoms with Crippen LogP contribution in [0.5, 0.6) is 0 Å². The van der Waals surface area contributed by atoms with Gasteiger partial charge in [0.2, 0.25) is 0 Å². The standard InChI is InChI=1S/C17H14ClFO2/c18-14-5-6-15(19)13(7-14)10-17(16(20)21)8-11-3-1-2-4-12(11)9-17/h1-7H,8-10H2,(H,20,21). The number of halogens is 2. The van der Waals surface area contributed by atoms with Crippen molar-refractivity contribution in [2.45, 2.75) is 19.3 Å². The second-order valence-electron chi connectivity index (χ2n) is 5.62. The Bertz CT molecular complexity index is 687. The molecule has 0 spiro atoms. The predicted molar refractivity (Wildman–Crippen MR) is 79.0 cm³/mol. The highest BCUT2D eigenvalue weighted by atomic mass is 35.5. The van der Waals surface area contributed by atoms with Crippen molar-refractivity contribution in [2.75, 3.05) is 0 Å². The minimum absolute atomic E-state index is 0.142. The third-order valence-electron chi connectivity index (χ3n) is 4.17. The second-order valence-corrected chi connectivity index (χ2v) is 6.06. The van der Waals surface area contributed by atoms with Crippen molar-refractivity contribution in [1.82, 2.24) is 0 Å². The van der Waals surface area contributed by atoms with Crippen molar-refractivity contribution in [1.29, 1.82) is 0 Å². The van der Waals surface area contributed by atoms with E-state index in [1.54, 1.807) is 0 Å². The normalized spacial score (nSPS) is 15.7. The van der Waals surface area contributed by atoms with E-state index in [9.17, 15) is 14.3 Å². The van der Waals surface area contributed by atoms with Gasteiger partial charge in [0, 0.05) is 5.02 Å². The van der Waals surface area contributed by atoms with Gasteiger partial charge in [-0.25, -0.2) is 4.39 Å². The van der Waals surface area contributed by atoms with Crippen LogP contribution in [0.25, 0.3) is 0 Å². The minimum Gasteiger partial charge on any atom is -0.481 e. The number of fused-ring (bicyclic) bond motifs is 1. The van der Waals surface area contributed by atoms with E-state index in [4.69, 9.17) is 11.6 Å². The van der Waals surface area contributed by atoms with Crippen molar-refractivity contribution in [3.05, 3.63) is 70.0 Å². The van der Waals surface area contributed by atoms with Crippen LogP contribution in [-0.4, -0.2) is 11.1 Å². The first-order chi connectivity index (χ1) is 10.00. The summed E-state index contributed by atoms with van der Waals surface area (Å²) in [6.45, 7) is 0. The van der Waals surface area contributed by atoms with E-state index in [-0.39, 0.29) is 6.42 Å². The van der Waals surface area contributed by atoms with Gasteiger partial charge in [-0.1, -0.05) is 35.9 Å². The first kappa shape index (κ1) is 14.1. The van der Waals surface area contributed by atoms with Gasteiger partial charge in [-0.15, -0.1) is 0 Å². The Morgan fingerprint density at radius 3 is 2.38 bits per heavy atom. The van der Waals surface area contributed by atoms with Crippen LogP contribution in [0.2, 0.25) is 5.02 Å². The zero-order valence-corrected chi connectivity index (χ0v) is 12.0. The van der Waals surface area contributed by atoms with Gasteiger partial charge < -0.3 is 5.11 Å². The molecular formula is C17H14ClFO2. The molecule has 4 heteroatoms. The first-order valence-electron chi connectivity index (χ1n) is 6.74. The largest absolute Gasteiger partial charge is 0.481 e. The van der Waals surface area contributed by atoms with Crippen molar-refractivity contribution in [2.24, 2.45) is 5.41 Å². The molecule has 0 amide bonds. The highest BCUT2D eigenvalue weighted by molar-refractivity contribution is 6.30. The molecule has 2 aromatic rings. The fourth-order valence-electron chi connectivity index (χ4n) is 3.09. The number of hydrogen-bond acceptors (Lipinski definition) is 1. The zero-order chi connectivity index (χ0) is 15.0. The maximum absolute atomic E-state index is 13.9. The van der Waals surface area contributed by atoms with Gasteiger partial charge in [-0.05, 0) is 54.2 Å². The van der Waals surface area contributed by atoms with E-state index in [0.29, 0.717) is 23.4 Å². The molecular weight excluding hydrogens is 291 g/mol. The number of benzene rings is 2. The number of carboxylic acids is 1. The molecule has 0 saturated heterocycles. The summed E-state index contributed by atoms with van der Waals surface area (Å²) in [5.41, 5.74) is 1.43. The highest BCUT2D eigenvalue weighted by Gasteiger charge is 2.44. The van der Waals surface area contributed by atoms with Gasteiger partial charge >= 0.3 is 5.97 Å². The first-order valence-corrected chi connectivity index (χ1v) is 7.12. The van der Waals surface area contributed by atoms with Crippen LogP contribution in [0.3, 0.4) is 0 Å². The molecule has 1 aliphatic carbocycles. The fraction of sp³-hybridized carbons (Fsp3) is 0.235. The van der Waals surface area contributed by atoms with Crippen molar-refractivity contribution in [3.63, 3.8) is 0 Å². The quantitative estimate of drug-likeness (QED) is 0.934. The third kappa shape index (κ3) is 2.54. The zero-order valence-electron chi connectivity index (χ0n) is 11.3. The van der Waals surface area contributed by atoms with Crippen LogP contribution in [-0.2, 0) is 24.1 Å². The van der Waals surface area contributed by atoms with Crippen LogP contribution in [0.1, 0.15) is 16.7 Å². The average molecular weight is 305 g/mol. The number of rotatable bonds is 3. The molecule has 0 bridgehead atoms. The summed E-state index contributed by atoms with van der Waals surface area (Å²) in [6, 6.07) is 12.0. The highest BCUT2D eigenvalue weighted by Crippen LogP contribution is 2.40. The van der Waals surface area contributed by atoms with Crippen molar-refractivity contribution < 1.29 is 14.3 Å². The van der Waals surface area contributed by atoms with Gasteiger partial charge in [0.05, 0.1) is 5.41 Å². The molecule has 0 unspecified atom stereocenters. The van der Waals surface area contributed by atoms with E-state index in [2.05, 4.69) is 0 Å². The topological polar surface area (TPSA) is 37.3 Å². The Morgan fingerprint density at radius 1 is 1.19 bits per heavy atom. The number of aliphatic carboxylic acids is 1. The van der Waals surface area contributed by atoms with Crippen LogP contribution in [0.4, 0.5) is 4.39 Å². The van der Waals surface area contributed by atoms with Crippen molar-refractivity contribution in [3.8, 4) is 0 Å². The minimum atomic E-state index is -0.991. The Morgan fingerprint density at radius 2 is 1.81 bits per heavy atom. The maximum Gasteiger partial charge on any atom is 0.310 e. The molecule has 2 nitrogen and oxygen atoms in total. The van der Waals surface area contributed by atoms with Gasteiger partial charge in [0.25, 0.3) is 0 Å². The molecule has 0 saturated carbocycles. The summed E-state index contributed by atoms with van der Waals surface area (Å²) in [4.78, 5) is 11.8. The Balaban J connectivity index is 1.98. The summed E-state index contributed by atoms with van der Waals surface area (Å²) >= 11 is 5.90. The average Bonchev–Trinajstić information content (AvgIpc) is 2.82.